The van der Waals surface area contributed by atoms with E-state index in [9.17, 15) is 8.78 Å². The Bertz CT molecular complexity index is 345. The van der Waals surface area contributed by atoms with Crippen LogP contribution in [0, 0.1) is 0 Å². The van der Waals surface area contributed by atoms with Crippen molar-refractivity contribution in [1.82, 2.24) is 5.32 Å². The average molecular weight is 245 g/mol. The van der Waals surface area contributed by atoms with E-state index in [-0.39, 0.29) is 0 Å². The van der Waals surface area contributed by atoms with Gasteiger partial charge in [0, 0.05) is 6.54 Å². The minimum Gasteiger partial charge on any atom is -0.494 e. The van der Waals surface area contributed by atoms with E-state index >= 15 is 0 Å². The highest BCUT2D eigenvalue weighted by molar-refractivity contribution is 5.28. The quantitative estimate of drug-likeness (QED) is 0.769. The van der Waals surface area contributed by atoms with Crippen LogP contribution in [0.3, 0.4) is 0 Å². The van der Waals surface area contributed by atoms with E-state index in [2.05, 4.69) is 5.32 Å². The van der Waals surface area contributed by atoms with Crippen molar-refractivity contribution in [2.45, 2.75) is 19.4 Å². The van der Waals surface area contributed by atoms with E-state index in [0.29, 0.717) is 13.2 Å². The van der Waals surface area contributed by atoms with Crippen LogP contribution < -0.4 is 10.1 Å². The molecule has 0 fully saturated rings. The van der Waals surface area contributed by atoms with E-state index in [1.807, 2.05) is 25.1 Å². The molecule has 0 atom stereocenters. The molecular formula is C12H17F2NO2. The van der Waals surface area contributed by atoms with Crippen molar-refractivity contribution >= 4 is 0 Å². The molecule has 2 N–H and O–H groups in total. The number of alkyl halides is 2. The summed E-state index contributed by atoms with van der Waals surface area (Å²) in [4.78, 5) is 0. The lowest BCUT2D eigenvalue weighted by atomic mass is 10.2. The Morgan fingerprint density at radius 1 is 1.41 bits per heavy atom. The summed E-state index contributed by atoms with van der Waals surface area (Å²) in [6.45, 7) is 1.09. The molecule has 1 aromatic rings. The first kappa shape index (κ1) is 13.9. The molecule has 5 heteroatoms. The number of benzene rings is 1. The second kappa shape index (κ2) is 6.51. The average Bonchev–Trinajstić information content (AvgIpc) is 2.30. The molecule has 0 bridgehead atoms. The van der Waals surface area contributed by atoms with Gasteiger partial charge in [0.1, 0.15) is 12.4 Å². The summed E-state index contributed by atoms with van der Waals surface area (Å²) in [5, 5.41) is 11.0. The van der Waals surface area contributed by atoms with Crippen molar-refractivity contribution in [1.29, 1.82) is 0 Å². The highest BCUT2D eigenvalue weighted by Crippen LogP contribution is 2.14. The number of nitrogens with one attached hydrogen (secondary N) is 1. The topological polar surface area (TPSA) is 41.5 Å². The van der Waals surface area contributed by atoms with E-state index in [1.54, 1.807) is 6.07 Å². The molecule has 17 heavy (non-hydrogen) atoms. The number of hydrogen-bond acceptors (Lipinski definition) is 3. The van der Waals surface area contributed by atoms with Crippen LogP contribution in [-0.4, -0.2) is 30.8 Å². The Labute approximate surface area is 99.4 Å². The lowest BCUT2D eigenvalue weighted by Gasteiger charge is -2.14. The Hall–Kier alpha value is -1.20. The van der Waals surface area contributed by atoms with Crippen molar-refractivity contribution in [2.75, 3.05) is 19.8 Å². The minimum absolute atomic E-state index is 0.316. The lowest BCUT2D eigenvalue weighted by Crippen LogP contribution is -2.35. The number of aliphatic hydroxyl groups excluding tert-OH is 1. The van der Waals surface area contributed by atoms with Gasteiger partial charge in [-0.15, -0.1) is 0 Å². The first-order valence-electron chi connectivity index (χ1n) is 5.48. The van der Waals surface area contributed by atoms with Gasteiger partial charge in [-0.2, -0.15) is 0 Å². The van der Waals surface area contributed by atoms with Gasteiger partial charge >= 0.3 is 0 Å². The molecule has 0 saturated heterocycles. The molecule has 3 nitrogen and oxygen atoms in total. The monoisotopic (exact) mass is 245 g/mol. The van der Waals surface area contributed by atoms with Gasteiger partial charge in [0.25, 0.3) is 5.92 Å². The predicted octanol–water partition coefficient (Wildman–Crippen LogP) is 1.80. The molecule has 0 aliphatic rings. The molecule has 0 aliphatic heterocycles. The summed E-state index contributed by atoms with van der Waals surface area (Å²) in [5.74, 6) is -2.35. The zero-order valence-corrected chi connectivity index (χ0v) is 9.75. The zero-order chi connectivity index (χ0) is 12.7. The third-order valence-corrected chi connectivity index (χ3v) is 2.15. The number of rotatable bonds is 7. The van der Waals surface area contributed by atoms with E-state index in [0.717, 1.165) is 11.3 Å². The zero-order valence-electron chi connectivity index (χ0n) is 9.75. The van der Waals surface area contributed by atoms with Crippen LogP contribution in [0.25, 0.3) is 0 Å². The normalized spacial score (nSPS) is 11.5. The van der Waals surface area contributed by atoms with Crippen molar-refractivity contribution in [3.63, 3.8) is 0 Å². The molecule has 0 spiro atoms. The van der Waals surface area contributed by atoms with Gasteiger partial charge in [0.2, 0.25) is 0 Å². The highest BCUT2D eigenvalue weighted by atomic mass is 19.3. The van der Waals surface area contributed by atoms with Crippen molar-refractivity contribution in [3.8, 4) is 5.75 Å². The van der Waals surface area contributed by atoms with Gasteiger partial charge in [-0.25, -0.2) is 8.78 Å². The summed E-state index contributed by atoms with van der Waals surface area (Å²) < 4.78 is 30.7. The molecule has 1 rings (SSSR count). The number of aliphatic hydroxyl groups is 1. The molecule has 0 heterocycles. The molecule has 0 aromatic heterocycles. The van der Waals surface area contributed by atoms with Gasteiger partial charge in [0.15, 0.2) is 0 Å². The first-order valence-corrected chi connectivity index (χ1v) is 5.48. The van der Waals surface area contributed by atoms with Crippen LogP contribution in [0.1, 0.15) is 12.5 Å². The number of ether oxygens (including phenoxy) is 1. The van der Waals surface area contributed by atoms with Crippen molar-refractivity contribution < 1.29 is 18.6 Å². The summed E-state index contributed by atoms with van der Waals surface area (Å²) in [5.41, 5.74) is 0.865. The van der Waals surface area contributed by atoms with Gasteiger partial charge in [-0.05, 0) is 24.6 Å². The first-order chi connectivity index (χ1) is 8.07. The largest absolute Gasteiger partial charge is 0.494 e. The summed E-state index contributed by atoms with van der Waals surface area (Å²) in [6, 6.07) is 7.25. The van der Waals surface area contributed by atoms with Crippen molar-refractivity contribution in [3.05, 3.63) is 29.8 Å². The molecule has 0 radical (unpaired) electrons. The van der Waals surface area contributed by atoms with Crippen LogP contribution >= 0.6 is 0 Å². The van der Waals surface area contributed by atoms with Gasteiger partial charge < -0.3 is 15.2 Å². The Kier molecular flexibility index (Phi) is 5.31. The standard InChI is InChI=1S/C12H17F2NO2/c1-2-17-11-5-3-4-10(6-11)7-15-8-12(13,14)9-16/h3-6,15-16H,2,7-9H2,1H3. The Morgan fingerprint density at radius 2 is 2.18 bits per heavy atom. The summed E-state index contributed by atoms with van der Waals surface area (Å²) >= 11 is 0. The number of hydrogen-bond donors (Lipinski definition) is 2. The molecule has 0 aliphatic carbocycles. The third-order valence-electron chi connectivity index (χ3n) is 2.15. The molecule has 1 aromatic carbocycles. The Balaban J connectivity index is 2.44. The molecule has 0 saturated carbocycles. The van der Waals surface area contributed by atoms with Crippen LogP contribution in [0.4, 0.5) is 8.78 Å². The van der Waals surface area contributed by atoms with Gasteiger partial charge in [-0.3, -0.25) is 0 Å². The van der Waals surface area contributed by atoms with Crippen LogP contribution in [0.2, 0.25) is 0 Å². The van der Waals surface area contributed by atoms with E-state index in [1.165, 1.54) is 0 Å². The summed E-state index contributed by atoms with van der Waals surface area (Å²) in [7, 11) is 0. The second-order valence-electron chi connectivity index (χ2n) is 3.70. The lowest BCUT2D eigenvalue weighted by molar-refractivity contribution is -0.0477. The maximum absolute atomic E-state index is 12.7. The fraction of sp³-hybridized carbons (Fsp3) is 0.500. The molecule has 0 amide bonds. The van der Waals surface area contributed by atoms with Crippen LogP contribution in [-0.2, 0) is 6.54 Å². The number of halogens is 2. The third kappa shape index (κ3) is 5.10. The molecule has 0 unspecified atom stereocenters. The predicted molar refractivity (Wildman–Crippen MR) is 61.4 cm³/mol. The fourth-order valence-corrected chi connectivity index (χ4v) is 1.36. The van der Waals surface area contributed by atoms with Crippen LogP contribution in [0.5, 0.6) is 5.75 Å². The smallest absolute Gasteiger partial charge is 0.282 e. The maximum atomic E-state index is 12.7. The second-order valence-corrected chi connectivity index (χ2v) is 3.70. The van der Waals surface area contributed by atoms with Gasteiger partial charge in [-0.1, -0.05) is 12.1 Å². The molecular weight excluding hydrogens is 228 g/mol. The van der Waals surface area contributed by atoms with Crippen LogP contribution in [0.15, 0.2) is 24.3 Å². The molecule has 96 valence electrons. The van der Waals surface area contributed by atoms with E-state index in [4.69, 9.17) is 9.84 Å². The summed E-state index contributed by atoms with van der Waals surface area (Å²) in [6.07, 6.45) is 0. The fourth-order valence-electron chi connectivity index (χ4n) is 1.36. The minimum atomic E-state index is -3.07. The SMILES string of the molecule is CCOc1cccc(CNCC(F)(F)CO)c1. The van der Waals surface area contributed by atoms with E-state index < -0.39 is 19.1 Å². The van der Waals surface area contributed by atoms with Gasteiger partial charge in [0.05, 0.1) is 13.2 Å². The Morgan fingerprint density at radius 3 is 2.82 bits per heavy atom. The highest BCUT2D eigenvalue weighted by Gasteiger charge is 2.26. The van der Waals surface area contributed by atoms with Crippen molar-refractivity contribution in [2.24, 2.45) is 0 Å². The maximum Gasteiger partial charge on any atom is 0.282 e.